The summed E-state index contributed by atoms with van der Waals surface area (Å²) in [7, 11) is 0. The van der Waals surface area contributed by atoms with Crippen LogP contribution in [0.25, 0.3) is 0 Å². The molecule has 2 aromatic rings. The summed E-state index contributed by atoms with van der Waals surface area (Å²) in [5, 5.41) is 10.5. The Morgan fingerprint density at radius 1 is 1.30 bits per heavy atom. The van der Waals surface area contributed by atoms with Gasteiger partial charge in [0.05, 0.1) is 0 Å². The number of nitrogens with zero attached hydrogens (tertiary/aromatic N) is 1. The van der Waals surface area contributed by atoms with Gasteiger partial charge in [-0.15, -0.1) is 17.5 Å². The molecule has 1 aromatic heterocycles. The SMILES string of the molecule is Cl.Fc1cccc(Oc2cc([C@H]3CCCNC3)[nH]n2)c1. The van der Waals surface area contributed by atoms with E-state index in [4.69, 9.17) is 4.74 Å². The first-order chi connectivity index (χ1) is 9.31. The molecule has 6 heteroatoms. The Bertz CT molecular complexity index is 555. The summed E-state index contributed by atoms with van der Waals surface area (Å²) in [4.78, 5) is 0. The van der Waals surface area contributed by atoms with Crippen molar-refractivity contribution in [3.8, 4) is 11.6 Å². The summed E-state index contributed by atoms with van der Waals surface area (Å²) < 4.78 is 18.6. The van der Waals surface area contributed by atoms with Gasteiger partial charge >= 0.3 is 0 Å². The van der Waals surface area contributed by atoms with Gasteiger partial charge < -0.3 is 10.1 Å². The second-order valence-corrected chi connectivity index (χ2v) is 4.76. The lowest BCUT2D eigenvalue weighted by Gasteiger charge is -2.20. The van der Waals surface area contributed by atoms with Crippen LogP contribution in [0, 0.1) is 5.82 Å². The maximum Gasteiger partial charge on any atom is 0.238 e. The van der Waals surface area contributed by atoms with Crippen molar-refractivity contribution in [1.29, 1.82) is 0 Å². The smallest absolute Gasteiger partial charge is 0.238 e. The molecule has 0 unspecified atom stereocenters. The average Bonchev–Trinajstić information content (AvgIpc) is 2.88. The molecule has 108 valence electrons. The number of aromatic nitrogens is 2. The topological polar surface area (TPSA) is 49.9 Å². The highest BCUT2D eigenvalue weighted by Crippen LogP contribution is 2.26. The van der Waals surface area contributed by atoms with Crippen LogP contribution in [-0.4, -0.2) is 23.3 Å². The van der Waals surface area contributed by atoms with E-state index in [0.29, 0.717) is 17.5 Å². The molecule has 20 heavy (non-hydrogen) atoms. The predicted octanol–water partition coefficient (Wildman–Crippen LogP) is 3.23. The third kappa shape index (κ3) is 3.49. The largest absolute Gasteiger partial charge is 0.437 e. The zero-order valence-corrected chi connectivity index (χ0v) is 11.8. The highest BCUT2D eigenvalue weighted by molar-refractivity contribution is 5.85. The molecular formula is C14H17ClFN3O. The summed E-state index contributed by atoms with van der Waals surface area (Å²) in [6.07, 6.45) is 2.32. The number of piperidine rings is 1. The molecule has 1 aromatic carbocycles. The van der Waals surface area contributed by atoms with Crippen LogP contribution in [0.1, 0.15) is 24.5 Å². The first-order valence-corrected chi connectivity index (χ1v) is 6.51. The molecule has 0 aliphatic carbocycles. The van der Waals surface area contributed by atoms with E-state index in [1.807, 2.05) is 6.07 Å². The first-order valence-electron chi connectivity index (χ1n) is 6.51. The summed E-state index contributed by atoms with van der Waals surface area (Å²) in [6.45, 7) is 2.04. The van der Waals surface area contributed by atoms with Gasteiger partial charge in [0, 0.05) is 30.3 Å². The van der Waals surface area contributed by atoms with Crippen molar-refractivity contribution in [2.45, 2.75) is 18.8 Å². The van der Waals surface area contributed by atoms with Crippen LogP contribution in [0.3, 0.4) is 0 Å². The number of hydrogen-bond donors (Lipinski definition) is 2. The van der Waals surface area contributed by atoms with E-state index in [-0.39, 0.29) is 18.2 Å². The fourth-order valence-corrected chi connectivity index (χ4v) is 2.35. The normalized spacial score (nSPS) is 18.4. The van der Waals surface area contributed by atoms with E-state index in [0.717, 1.165) is 25.2 Å². The number of ether oxygens (including phenoxy) is 1. The number of benzene rings is 1. The average molecular weight is 298 g/mol. The molecule has 4 nitrogen and oxygen atoms in total. The highest BCUT2D eigenvalue weighted by Gasteiger charge is 2.17. The lowest BCUT2D eigenvalue weighted by molar-refractivity contribution is 0.454. The van der Waals surface area contributed by atoms with Gasteiger partial charge in [-0.25, -0.2) is 4.39 Å². The van der Waals surface area contributed by atoms with Crippen LogP contribution in [0.5, 0.6) is 11.6 Å². The molecule has 0 saturated carbocycles. The van der Waals surface area contributed by atoms with Gasteiger partial charge in [-0.1, -0.05) is 6.07 Å². The van der Waals surface area contributed by atoms with Gasteiger partial charge in [-0.05, 0) is 31.5 Å². The van der Waals surface area contributed by atoms with Crippen molar-refractivity contribution in [1.82, 2.24) is 15.5 Å². The standard InChI is InChI=1S/C14H16FN3O.ClH/c15-11-4-1-5-12(7-11)19-14-8-13(17-18-14)10-3-2-6-16-9-10;/h1,4-5,7-8,10,16H,2-3,6,9H2,(H,17,18);1H/t10-;/m0./s1. The molecule has 1 fully saturated rings. The number of nitrogens with one attached hydrogen (secondary N) is 2. The minimum Gasteiger partial charge on any atom is -0.437 e. The fraction of sp³-hybridized carbons (Fsp3) is 0.357. The lowest BCUT2D eigenvalue weighted by Crippen LogP contribution is -2.28. The highest BCUT2D eigenvalue weighted by atomic mass is 35.5. The Morgan fingerprint density at radius 3 is 2.95 bits per heavy atom. The van der Waals surface area contributed by atoms with Gasteiger partial charge in [0.1, 0.15) is 11.6 Å². The maximum atomic E-state index is 13.0. The van der Waals surface area contributed by atoms with Crippen molar-refractivity contribution in [2.24, 2.45) is 0 Å². The van der Waals surface area contributed by atoms with E-state index in [2.05, 4.69) is 15.5 Å². The molecule has 1 saturated heterocycles. The molecule has 0 spiro atoms. The molecule has 1 aliphatic heterocycles. The molecule has 3 rings (SSSR count). The lowest BCUT2D eigenvalue weighted by atomic mass is 9.96. The maximum absolute atomic E-state index is 13.0. The number of aromatic amines is 1. The van der Waals surface area contributed by atoms with E-state index < -0.39 is 0 Å². The van der Waals surface area contributed by atoms with Gasteiger partial charge in [-0.3, -0.25) is 5.10 Å². The zero-order chi connectivity index (χ0) is 13.1. The van der Waals surface area contributed by atoms with Crippen molar-refractivity contribution in [3.05, 3.63) is 41.8 Å². The molecule has 1 atom stereocenters. The quantitative estimate of drug-likeness (QED) is 0.914. The molecule has 0 bridgehead atoms. The second kappa shape index (κ2) is 6.72. The summed E-state index contributed by atoms with van der Waals surface area (Å²) in [5.41, 5.74) is 1.07. The summed E-state index contributed by atoms with van der Waals surface area (Å²) in [6, 6.07) is 7.94. The zero-order valence-electron chi connectivity index (χ0n) is 10.9. The van der Waals surface area contributed by atoms with E-state index in [1.54, 1.807) is 12.1 Å². The van der Waals surface area contributed by atoms with Crippen molar-refractivity contribution >= 4 is 12.4 Å². The first kappa shape index (κ1) is 14.8. The van der Waals surface area contributed by atoms with Gasteiger partial charge in [0.25, 0.3) is 0 Å². The molecule has 0 amide bonds. The Morgan fingerprint density at radius 2 is 2.20 bits per heavy atom. The number of hydrogen-bond acceptors (Lipinski definition) is 3. The monoisotopic (exact) mass is 297 g/mol. The van der Waals surface area contributed by atoms with Crippen LogP contribution >= 0.6 is 12.4 Å². The molecule has 1 aliphatic rings. The van der Waals surface area contributed by atoms with Crippen molar-refractivity contribution in [2.75, 3.05) is 13.1 Å². The van der Waals surface area contributed by atoms with Gasteiger partial charge in [-0.2, -0.15) is 0 Å². The second-order valence-electron chi connectivity index (χ2n) is 4.76. The summed E-state index contributed by atoms with van der Waals surface area (Å²) >= 11 is 0. The molecule has 0 radical (unpaired) electrons. The predicted molar refractivity (Wildman–Crippen MR) is 77.2 cm³/mol. The number of H-pyrrole nitrogens is 1. The van der Waals surface area contributed by atoms with Crippen LogP contribution in [-0.2, 0) is 0 Å². The third-order valence-corrected chi connectivity index (χ3v) is 3.33. The van der Waals surface area contributed by atoms with Crippen LogP contribution in [0.15, 0.2) is 30.3 Å². The molecule has 2 heterocycles. The van der Waals surface area contributed by atoms with Crippen molar-refractivity contribution < 1.29 is 9.13 Å². The van der Waals surface area contributed by atoms with E-state index >= 15 is 0 Å². The fourth-order valence-electron chi connectivity index (χ4n) is 2.35. The van der Waals surface area contributed by atoms with Crippen LogP contribution in [0.2, 0.25) is 0 Å². The number of rotatable bonds is 3. The molecular weight excluding hydrogens is 281 g/mol. The molecule has 2 N–H and O–H groups in total. The summed E-state index contributed by atoms with van der Waals surface area (Å²) in [5.74, 6) is 1.07. The van der Waals surface area contributed by atoms with E-state index in [9.17, 15) is 4.39 Å². The minimum absolute atomic E-state index is 0. The van der Waals surface area contributed by atoms with Crippen molar-refractivity contribution in [3.63, 3.8) is 0 Å². The van der Waals surface area contributed by atoms with Gasteiger partial charge in [0.15, 0.2) is 0 Å². The van der Waals surface area contributed by atoms with E-state index in [1.165, 1.54) is 18.6 Å². The Labute approximate surface area is 123 Å². The Hall–Kier alpha value is -1.59. The third-order valence-electron chi connectivity index (χ3n) is 3.33. The Kier molecular flexibility index (Phi) is 4.98. The van der Waals surface area contributed by atoms with Crippen LogP contribution < -0.4 is 10.1 Å². The van der Waals surface area contributed by atoms with Crippen LogP contribution in [0.4, 0.5) is 4.39 Å². The number of halogens is 2. The Balaban J connectivity index is 0.00000147. The minimum atomic E-state index is -0.315. The van der Waals surface area contributed by atoms with Gasteiger partial charge in [0.2, 0.25) is 5.88 Å².